The average Bonchev–Trinajstić information content (AvgIpc) is 2.37. The summed E-state index contributed by atoms with van der Waals surface area (Å²) >= 11 is 1.29. The summed E-state index contributed by atoms with van der Waals surface area (Å²) in [6, 6.07) is 12.5. The highest BCUT2D eigenvalue weighted by molar-refractivity contribution is 7.97. The predicted octanol–water partition coefficient (Wildman–Crippen LogP) is 2.20. The molecule has 0 unspecified atom stereocenters. The van der Waals surface area contributed by atoms with Gasteiger partial charge in [-0.3, -0.25) is 5.14 Å². The fraction of sp³-hybridized carbons (Fsp3) is 0.231. The average molecular weight is 247 g/mol. The number of benzene rings is 2. The molecule has 0 atom stereocenters. The van der Waals surface area contributed by atoms with Crippen LogP contribution in [-0.4, -0.2) is 20.1 Å². The lowest BCUT2D eigenvalue weighted by atomic mass is 10.1. The van der Waals surface area contributed by atoms with Crippen molar-refractivity contribution in [1.29, 1.82) is 0 Å². The molecule has 0 spiro atoms. The van der Waals surface area contributed by atoms with Gasteiger partial charge in [-0.2, -0.15) is 0 Å². The zero-order chi connectivity index (χ0) is 12.3. The van der Waals surface area contributed by atoms with Crippen LogP contribution in [0.3, 0.4) is 0 Å². The molecule has 0 aliphatic heterocycles. The number of rotatable bonds is 4. The molecule has 0 heterocycles. The van der Waals surface area contributed by atoms with Crippen LogP contribution in [0.1, 0.15) is 0 Å². The quantitative estimate of drug-likeness (QED) is 0.813. The highest BCUT2D eigenvalue weighted by atomic mass is 32.2. The van der Waals surface area contributed by atoms with Crippen LogP contribution >= 0.6 is 11.9 Å². The Hall–Kier alpha value is -1.23. The molecule has 0 aliphatic carbocycles. The van der Waals surface area contributed by atoms with Crippen LogP contribution in [0.25, 0.3) is 10.8 Å². The lowest BCUT2D eigenvalue weighted by Crippen LogP contribution is -2.25. The Labute approximate surface area is 106 Å². The number of nitrogens with zero attached hydrogens (tertiary/aromatic N) is 1. The molecule has 0 saturated heterocycles. The van der Waals surface area contributed by atoms with E-state index in [0.29, 0.717) is 6.54 Å². The smallest absolute Gasteiger partial charge is 0.0444 e. The largest absolute Gasteiger partial charge is 0.373 e. The van der Waals surface area contributed by atoms with Gasteiger partial charge in [-0.1, -0.05) is 24.3 Å². The number of likely N-dealkylation sites (N-methyl/N-ethyl adjacent to an activating group) is 1. The zero-order valence-corrected chi connectivity index (χ0v) is 10.7. The van der Waals surface area contributed by atoms with Crippen LogP contribution in [0.4, 0.5) is 5.69 Å². The van der Waals surface area contributed by atoms with Crippen molar-refractivity contribution in [3.63, 3.8) is 0 Å². The summed E-state index contributed by atoms with van der Waals surface area (Å²) in [5.41, 5.74) is 6.80. The molecule has 4 heteroatoms. The standard InChI is InChI=1S/C13H17N3S/c1-16(9-8-14)12-6-2-5-11-10(12)4-3-7-13(11)17-15/h2-7H,8-9,14-15H2,1H3. The second-order valence-corrected chi connectivity index (χ2v) is 4.63. The molecular formula is C13H17N3S. The zero-order valence-electron chi connectivity index (χ0n) is 9.89. The molecule has 0 fully saturated rings. The first-order valence-corrected chi connectivity index (χ1v) is 6.45. The maximum absolute atomic E-state index is 5.68. The topological polar surface area (TPSA) is 55.3 Å². The fourth-order valence-electron chi connectivity index (χ4n) is 2.01. The molecule has 0 saturated carbocycles. The summed E-state index contributed by atoms with van der Waals surface area (Å²) in [5.74, 6) is 0. The van der Waals surface area contributed by atoms with Gasteiger partial charge in [-0.15, -0.1) is 0 Å². The van der Waals surface area contributed by atoms with Crippen LogP contribution < -0.4 is 15.8 Å². The van der Waals surface area contributed by atoms with Gasteiger partial charge >= 0.3 is 0 Å². The van der Waals surface area contributed by atoms with Crippen molar-refractivity contribution in [3.05, 3.63) is 36.4 Å². The van der Waals surface area contributed by atoms with Crippen molar-refractivity contribution < 1.29 is 0 Å². The van der Waals surface area contributed by atoms with Gasteiger partial charge in [0.2, 0.25) is 0 Å². The lowest BCUT2D eigenvalue weighted by Gasteiger charge is -2.20. The predicted molar refractivity (Wildman–Crippen MR) is 76.3 cm³/mol. The third-order valence-corrected chi connectivity index (χ3v) is 3.47. The fourth-order valence-corrected chi connectivity index (χ4v) is 2.48. The summed E-state index contributed by atoms with van der Waals surface area (Å²) in [6.45, 7) is 1.50. The first-order chi connectivity index (χ1) is 8.27. The molecule has 90 valence electrons. The summed E-state index contributed by atoms with van der Waals surface area (Å²) in [4.78, 5) is 3.28. The molecule has 0 aliphatic rings. The van der Waals surface area contributed by atoms with Gasteiger partial charge in [0, 0.05) is 36.1 Å². The highest BCUT2D eigenvalue weighted by Crippen LogP contribution is 2.31. The van der Waals surface area contributed by atoms with Crippen LogP contribution in [0.15, 0.2) is 41.3 Å². The summed E-state index contributed by atoms with van der Waals surface area (Å²) in [6.07, 6.45) is 0. The molecular weight excluding hydrogens is 230 g/mol. The van der Waals surface area contributed by atoms with Crippen molar-refractivity contribution >= 4 is 28.4 Å². The third kappa shape index (κ3) is 2.39. The van der Waals surface area contributed by atoms with Crippen molar-refractivity contribution in [2.45, 2.75) is 4.90 Å². The third-order valence-electron chi connectivity index (χ3n) is 2.86. The monoisotopic (exact) mass is 247 g/mol. The normalized spacial score (nSPS) is 10.8. The maximum atomic E-state index is 5.68. The summed E-state index contributed by atoms with van der Waals surface area (Å²) < 4.78 is 0. The molecule has 2 rings (SSSR count). The Morgan fingerprint density at radius 1 is 1.12 bits per heavy atom. The van der Waals surface area contributed by atoms with E-state index in [2.05, 4.69) is 36.2 Å². The molecule has 17 heavy (non-hydrogen) atoms. The molecule has 2 aromatic carbocycles. The molecule has 0 radical (unpaired) electrons. The Bertz CT molecular complexity index is 513. The van der Waals surface area contributed by atoms with Gasteiger partial charge in [0.25, 0.3) is 0 Å². The van der Waals surface area contributed by atoms with Gasteiger partial charge in [0.1, 0.15) is 0 Å². The minimum Gasteiger partial charge on any atom is -0.373 e. The van der Waals surface area contributed by atoms with E-state index in [1.54, 1.807) is 0 Å². The van der Waals surface area contributed by atoms with E-state index in [4.69, 9.17) is 10.9 Å². The van der Waals surface area contributed by atoms with Crippen LogP contribution in [0.2, 0.25) is 0 Å². The van der Waals surface area contributed by atoms with Crippen molar-refractivity contribution in [1.82, 2.24) is 0 Å². The van der Waals surface area contributed by atoms with E-state index in [0.717, 1.165) is 11.4 Å². The Morgan fingerprint density at radius 2 is 1.82 bits per heavy atom. The lowest BCUT2D eigenvalue weighted by molar-refractivity contribution is 0.889. The second-order valence-electron chi connectivity index (χ2n) is 3.96. The molecule has 0 aromatic heterocycles. The Balaban J connectivity index is 2.57. The molecule has 0 bridgehead atoms. The SMILES string of the molecule is CN(CCN)c1cccc2c(SN)cccc12. The molecule has 2 aromatic rings. The van der Waals surface area contributed by atoms with Gasteiger partial charge in [0.05, 0.1) is 0 Å². The molecule has 0 amide bonds. The van der Waals surface area contributed by atoms with E-state index in [1.807, 2.05) is 12.1 Å². The van der Waals surface area contributed by atoms with Crippen LogP contribution in [0, 0.1) is 0 Å². The van der Waals surface area contributed by atoms with Gasteiger partial charge in [0.15, 0.2) is 0 Å². The van der Waals surface area contributed by atoms with Crippen molar-refractivity contribution in [3.8, 4) is 0 Å². The minimum absolute atomic E-state index is 0.651. The first kappa shape index (κ1) is 12.2. The van der Waals surface area contributed by atoms with Crippen LogP contribution in [0.5, 0.6) is 0 Å². The summed E-state index contributed by atoms with van der Waals surface area (Å²) in [5, 5.41) is 8.10. The van der Waals surface area contributed by atoms with E-state index in [9.17, 15) is 0 Å². The van der Waals surface area contributed by atoms with Gasteiger partial charge in [-0.25, -0.2) is 0 Å². The van der Waals surface area contributed by atoms with Gasteiger partial charge < -0.3 is 10.6 Å². The van der Waals surface area contributed by atoms with E-state index in [1.165, 1.54) is 28.4 Å². The maximum Gasteiger partial charge on any atom is 0.0444 e. The molecule has 3 nitrogen and oxygen atoms in total. The second kappa shape index (κ2) is 5.40. The molecule has 4 N–H and O–H groups in total. The Kier molecular flexibility index (Phi) is 3.89. The van der Waals surface area contributed by atoms with E-state index in [-0.39, 0.29) is 0 Å². The number of hydrogen-bond donors (Lipinski definition) is 2. The van der Waals surface area contributed by atoms with Crippen LogP contribution in [-0.2, 0) is 0 Å². The number of fused-ring (bicyclic) bond motifs is 1. The number of hydrogen-bond acceptors (Lipinski definition) is 4. The number of nitrogens with two attached hydrogens (primary N) is 2. The van der Waals surface area contributed by atoms with E-state index >= 15 is 0 Å². The van der Waals surface area contributed by atoms with Crippen molar-refractivity contribution in [2.24, 2.45) is 10.9 Å². The first-order valence-electron chi connectivity index (χ1n) is 5.57. The summed E-state index contributed by atoms with van der Waals surface area (Å²) in [7, 11) is 2.06. The Morgan fingerprint density at radius 3 is 2.53 bits per heavy atom. The van der Waals surface area contributed by atoms with E-state index < -0.39 is 0 Å². The number of anilines is 1. The van der Waals surface area contributed by atoms with Crippen molar-refractivity contribution in [2.75, 3.05) is 25.0 Å². The highest BCUT2D eigenvalue weighted by Gasteiger charge is 2.07. The minimum atomic E-state index is 0.651. The van der Waals surface area contributed by atoms with Gasteiger partial charge in [-0.05, 0) is 29.5 Å².